The molecule has 0 aromatic heterocycles. The minimum atomic E-state index is -0.992. The molecule has 0 radical (unpaired) electrons. The number of carboxylic acids is 1. The molecule has 1 rings (SSSR count). The van der Waals surface area contributed by atoms with E-state index in [4.69, 9.17) is 9.84 Å². The van der Waals surface area contributed by atoms with E-state index < -0.39 is 10.9 Å². The summed E-state index contributed by atoms with van der Waals surface area (Å²) in [6.45, 7) is 0.0668. The Morgan fingerprint density at radius 2 is 2.14 bits per heavy atom. The maximum absolute atomic E-state index is 11.5. The molecule has 0 aliphatic heterocycles. The van der Waals surface area contributed by atoms with Crippen molar-refractivity contribution in [2.24, 2.45) is 0 Å². The Labute approximate surface area is 124 Å². The Balaban J connectivity index is 2.61. The van der Waals surface area contributed by atoms with Gasteiger partial charge in [0, 0.05) is 24.2 Å². The van der Waals surface area contributed by atoms with E-state index in [0.717, 1.165) is 11.8 Å². The van der Waals surface area contributed by atoms with E-state index in [2.05, 4.69) is 5.32 Å². The molecule has 0 aliphatic rings. The number of rotatable bonds is 8. The van der Waals surface area contributed by atoms with Crippen molar-refractivity contribution in [3.05, 3.63) is 33.9 Å². The molecule has 0 saturated carbocycles. The molecule has 114 valence electrons. The average molecular weight is 314 g/mol. The number of hydrogen-bond acceptors (Lipinski definition) is 6. The van der Waals surface area contributed by atoms with Crippen molar-refractivity contribution in [3.63, 3.8) is 0 Å². The van der Waals surface area contributed by atoms with Gasteiger partial charge in [-0.1, -0.05) is 0 Å². The lowest BCUT2D eigenvalue weighted by Crippen LogP contribution is -2.25. The third-order valence-corrected chi connectivity index (χ3v) is 3.33. The second-order valence-corrected chi connectivity index (χ2v) is 4.90. The van der Waals surface area contributed by atoms with Crippen LogP contribution in [0.15, 0.2) is 18.2 Å². The number of hydrogen-bond donors (Lipinski definition) is 2. The number of nitrogens with zero attached hydrogens (tertiary/aromatic N) is 1. The Kier molecular flexibility index (Phi) is 6.47. The highest BCUT2D eigenvalue weighted by Gasteiger charge is 2.12. The van der Waals surface area contributed by atoms with E-state index in [1.807, 2.05) is 0 Å². The summed E-state index contributed by atoms with van der Waals surface area (Å²) in [6.07, 6.45) is 0. The van der Waals surface area contributed by atoms with Crippen molar-refractivity contribution in [1.82, 2.24) is 5.32 Å². The molecule has 0 saturated heterocycles. The standard InChI is InChI=1S/C12H14N2O6S/c1-20-10-3-2-9(14(18)19)4-8(10)5-13-11(15)6-21-7-12(16)17/h2-4H,5-7H2,1H3,(H,13,15)(H,16,17). The number of nitro benzene ring substituents is 1. The number of non-ortho nitro benzene ring substituents is 1. The topological polar surface area (TPSA) is 119 Å². The molecule has 0 unspecified atom stereocenters. The fourth-order valence-corrected chi connectivity index (χ4v) is 2.06. The molecule has 1 aromatic rings. The molecular formula is C12H14N2O6S. The van der Waals surface area contributed by atoms with Crippen molar-refractivity contribution in [3.8, 4) is 5.75 Å². The van der Waals surface area contributed by atoms with Crippen LogP contribution in [0, 0.1) is 10.1 Å². The van der Waals surface area contributed by atoms with Crippen LogP contribution < -0.4 is 10.1 Å². The molecule has 8 nitrogen and oxygen atoms in total. The minimum Gasteiger partial charge on any atom is -0.496 e. The first kappa shape index (κ1) is 16.8. The van der Waals surface area contributed by atoms with Gasteiger partial charge in [-0.05, 0) is 6.07 Å². The predicted molar refractivity (Wildman–Crippen MR) is 76.5 cm³/mol. The number of nitrogens with one attached hydrogen (secondary N) is 1. The van der Waals surface area contributed by atoms with Gasteiger partial charge in [-0.3, -0.25) is 19.7 Å². The number of ether oxygens (including phenoxy) is 1. The number of amides is 1. The van der Waals surface area contributed by atoms with Crippen LogP contribution in [0.25, 0.3) is 0 Å². The lowest BCUT2D eigenvalue weighted by molar-refractivity contribution is -0.384. The summed E-state index contributed by atoms with van der Waals surface area (Å²) >= 11 is 0.972. The van der Waals surface area contributed by atoms with Crippen LogP contribution in [0.3, 0.4) is 0 Å². The van der Waals surface area contributed by atoms with E-state index >= 15 is 0 Å². The maximum atomic E-state index is 11.5. The molecule has 0 heterocycles. The lowest BCUT2D eigenvalue weighted by atomic mass is 10.1. The highest BCUT2D eigenvalue weighted by molar-refractivity contribution is 8.00. The first-order valence-corrected chi connectivity index (χ1v) is 6.97. The van der Waals surface area contributed by atoms with E-state index in [1.165, 1.54) is 25.3 Å². The molecule has 1 amide bonds. The Bertz CT molecular complexity index is 549. The summed E-state index contributed by atoms with van der Waals surface area (Å²) in [5, 5.41) is 21.7. The van der Waals surface area contributed by atoms with Gasteiger partial charge in [-0.25, -0.2) is 0 Å². The quantitative estimate of drug-likeness (QED) is 0.543. The van der Waals surface area contributed by atoms with Gasteiger partial charge in [-0.2, -0.15) is 0 Å². The summed E-state index contributed by atoms with van der Waals surface area (Å²) in [7, 11) is 1.43. The van der Waals surface area contributed by atoms with E-state index in [0.29, 0.717) is 11.3 Å². The van der Waals surface area contributed by atoms with Crippen LogP contribution in [0.5, 0.6) is 5.75 Å². The van der Waals surface area contributed by atoms with E-state index in [1.54, 1.807) is 0 Å². The third kappa shape index (κ3) is 5.69. The zero-order valence-corrected chi connectivity index (χ0v) is 12.0. The van der Waals surface area contributed by atoms with Gasteiger partial charge in [0.15, 0.2) is 0 Å². The summed E-state index contributed by atoms with van der Waals surface area (Å²) < 4.78 is 5.07. The first-order chi connectivity index (χ1) is 9.93. The largest absolute Gasteiger partial charge is 0.496 e. The lowest BCUT2D eigenvalue weighted by Gasteiger charge is -2.09. The average Bonchev–Trinajstić information content (AvgIpc) is 2.44. The normalized spacial score (nSPS) is 9.95. The number of aliphatic carboxylic acids is 1. The van der Waals surface area contributed by atoms with Crippen LogP contribution in [0.1, 0.15) is 5.56 Å². The fraction of sp³-hybridized carbons (Fsp3) is 0.333. The van der Waals surface area contributed by atoms with Crippen molar-refractivity contribution in [2.75, 3.05) is 18.6 Å². The molecule has 0 bridgehead atoms. The van der Waals surface area contributed by atoms with E-state index in [9.17, 15) is 19.7 Å². The summed E-state index contributed by atoms with van der Waals surface area (Å²) in [5.41, 5.74) is 0.378. The summed E-state index contributed by atoms with van der Waals surface area (Å²) in [5.74, 6) is -1.07. The predicted octanol–water partition coefficient (Wildman–Crippen LogP) is 1.04. The SMILES string of the molecule is COc1ccc([N+](=O)[O-])cc1CNC(=O)CSCC(=O)O. The van der Waals surface area contributed by atoms with E-state index in [-0.39, 0.29) is 29.6 Å². The number of carbonyl (C=O) groups excluding carboxylic acids is 1. The smallest absolute Gasteiger partial charge is 0.313 e. The Hall–Kier alpha value is -2.29. The number of benzene rings is 1. The second-order valence-electron chi connectivity index (χ2n) is 3.92. The number of carbonyl (C=O) groups is 2. The Morgan fingerprint density at radius 3 is 2.71 bits per heavy atom. The molecule has 9 heteroatoms. The van der Waals surface area contributed by atoms with Gasteiger partial charge < -0.3 is 15.2 Å². The monoisotopic (exact) mass is 314 g/mol. The van der Waals surface area contributed by atoms with Crippen LogP contribution in [-0.4, -0.2) is 40.5 Å². The van der Waals surface area contributed by atoms with Crippen LogP contribution in [0.2, 0.25) is 0 Å². The van der Waals surface area contributed by atoms with Crippen LogP contribution in [-0.2, 0) is 16.1 Å². The minimum absolute atomic E-state index is 0.00351. The van der Waals surface area contributed by atoms with Crippen molar-refractivity contribution >= 4 is 29.3 Å². The van der Waals surface area contributed by atoms with Crippen LogP contribution in [0.4, 0.5) is 5.69 Å². The van der Waals surface area contributed by atoms with Crippen LogP contribution >= 0.6 is 11.8 Å². The third-order valence-electron chi connectivity index (χ3n) is 2.41. The molecule has 0 fully saturated rings. The molecule has 0 aliphatic carbocycles. The molecule has 1 aromatic carbocycles. The van der Waals surface area contributed by atoms with Gasteiger partial charge in [0.05, 0.1) is 23.5 Å². The number of thioether (sulfide) groups is 1. The molecule has 0 atom stereocenters. The highest BCUT2D eigenvalue weighted by atomic mass is 32.2. The molecule has 0 spiro atoms. The summed E-state index contributed by atoms with van der Waals surface area (Å²) in [6, 6.07) is 4.09. The second kappa shape index (κ2) is 8.10. The van der Waals surface area contributed by atoms with Crippen molar-refractivity contribution < 1.29 is 24.4 Å². The zero-order valence-electron chi connectivity index (χ0n) is 11.2. The number of carboxylic acid groups (broad SMARTS) is 1. The maximum Gasteiger partial charge on any atom is 0.313 e. The van der Waals surface area contributed by atoms with Crippen molar-refractivity contribution in [1.29, 1.82) is 0 Å². The zero-order chi connectivity index (χ0) is 15.8. The number of nitro groups is 1. The van der Waals surface area contributed by atoms with Crippen molar-refractivity contribution in [2.45, 2.75) is 6.54 Å². The van der Waals surface area contributed by atoms with Gasteiger partial charge in [0.25, 0.3) is 5.69 Å². The summed E-state index contributed by atoms with van der Waals surface area (Å²) in [4.78, 5) is 32.0. The van der Waals surface area contributed by atoms with Gasteiger partial charge in [0.1, 0.15) is 5.75 Å². The highest BCUT2D eigenvalue weighted by Crippen LogP contribution is 2.23. The fourth-order valence-electron chi connectivity index (χ4n) is 1.49. The van der Waals surface area contributed by atoms with Gasteiger partial charge >= 0.3 is 5.97 Å². The van der Waals surface area contributed by atoms with Gasteiger partial charge in [-0.15, -0.1) is 11.8 Å². The molecule has 2 N–H and O–H groups in total. The molecular weight excluding hydrogens is 300 g/mol. The first-order valence-electron chi connectivity index (χ1n) is 5.81. The molecule has 21 heavy (non-hydrogen) atoms. The van der Waals surface area contributed by atoms with Gasteiger partial charge in [0.2, 0.25) is 5.91 Å². The Morgan fingerprint density at radius 1 is 1.43 bits per heavy atom. The number of methoxy groups -OCH3 is 1.